The average molecular weight is 316 g/mol. The monoisotopic (exact) mass is 316 g/mol. The predicted octanol–water partition coefficient (Wildman–Crippen LogP) is 1.52. The minimum absolute atomic E-state index is 0.0616. The zero-order valence-corrected chi connectivity index (χ0v) is 12.8. The van der Waals surface area contributed by atoms with E-state index in [2.05, 4.69) is 0 Å². The van der Waals surface area contributed by atoms with E-state index in [4.69, 9.17) is 5.11 Å². The van der Waals surface area contributed by atoms with Gasteiger partial charge in [0.2, 0.25) is 10.0 Å². The summed E-state index contributed by atoms with van der Waals surface area (Å²) in [5.41, 5.74) is 0.455. The lowest BCUT2D eigenvalue weighted by molar-refractivity contribution is -0.384. The van der Waals surface area contributed by atoms with E-state index in [-0.39, 0.29) is 18.0 Å². The highest BCUT2D eigenvalue weighted by atomic mass is 32.2. The van der Waals surface area contributed by atoms with Crippen LogP contribution in [0.4, 0.5) is 5.69 Å². The third-order valence-corrected chi connectivity index (χ3v) is 4.93. The van der Waals surface area contributed by atoms with Crippen molar-refractivity contribution in [2.24, 2.45) is 0 Å². The van der Waals surface area contributed by atoms with Gasteiger partial charge in [-0.25, -0.2) is 12.7 Å². The Morgan fingerprint density at radius 3 is 2.33 bits per heavy atom. The molecule has 0 amide bonds. The van der Waals surface area contributed by atoms with Crippen molar-refractivity contribution in [1.29, 1.82) is 0 Å². The SMILES string of the molecule is CN(CCCCCO)S(=O)(=O)Cc1ccc([N+](=O)[O-])cc1. The zero-order valence-electron chi connectivity index (χ0n) is 11.9. The van der Waals surface area contributed by atoms with Crippen molar-refractivity contribution in [2.45, 2.75) is 25.0 Å². The zero-order chi connectivity index (χ0) is 15.9. The molecule has 1 N–H and O–H groups in total. The highest BCUT2D eigenvalue weighted by molar-refractivity contribution is 7.88. The van der Waals surface area contributed by atoms with E-state index < -0.39 is 14.9 Å². The first kappa shape index (κ1) is 17.5. The summed E-state index contributed by atoms with van der Waals surface area (Å²) in [5.74, 6) is -0.179. The average Bonchev–Trinajstić information content (AvgIpc) is 2.43. The number of benzene rings is 1. The Morgan fingerprint density at radius 2 is 1.81 bits per heavy atom. The number of sulfonamides is 1. The maximum Gasteiger partial charge on any atom is 0.269 e. The van der Waals surface area contributed by atoms with E-state index in [1.807, 2.05) is 0 Å². The topological polar surface area (TPSA) is 101 Å². The third kappa shape index (κ3) is 5.78. The fourth-order valence-electron chi connectivity index (χ4n) is 1.80. The van der Waals surface area contributed by atoms with Crippen LogP contribution in [-0.2, 0) is 15.8 Å². The summed E-state index contributed by atoms with van der Waals surface area (Å²) in [7, 11) is -1.92. The predicted molar refractivity (Wildman–Crippen MR) is 79.3 cm³/mol. The van der Waals surface area contributed by atoms with Gasteiger partial charge in [-0.2, -0.15) is 0 Å². The molecular formula is C13H20N2O5S. The van der Waals surface area contributed by atoms with Gasteiger partial charge in [-0.1, -0.05) is 12.1 Å². The van der Waals surface area contributed by atoms with Crippen molar-refractivity contribution in [3.63, 3.8) is 0 Å². The molecule has 0 atom stereocenters. The van der Waals surface area contributed by atoms with Crippen LogP contribution in [-0.4, -0.2) is 43.0 Å². The van der Waals surface area contributed by atoms with Crippen molar-refractivity contribution in [3.05, 3.63) is 39.9 Å². The molecule has 0 aromatic heterocycles. The van der Waals surface area contributed by atoms with Gasteiger partial charge in [-0.3, -0.25) is 10.1 Å². The lowest BCUT2D eigenvalue weighted by Gasteiger charge is -2.17. The number of rotatable bonds is 9. The lowest BCUT2D eigenvalue weighted by Crippen LogP contribution is -2.29. The molecule has 1 aromatic carbocycles. The Bertz CT molecular complexity index is 556. The first-order chi connectivity index (χ1) is 9.86. The van der Waals surface area contributed by atoms with E-state index in [1.54, 1.807) is 0 Å². The molecule has 7 nitrogen and oxygen atoms in total. The third-order valence-electron chi connectivity index (χ3n) is 3.10. The Kier molecular flexibility index (Phi) is 6.73. The normalized spacial score (nSPS) is 11.8. The summed E-state index contributed by atoms with van der Waals surface area (Å²) >= 11 is 0. The van der Waals surface area contributed by atoms with Crippen LogP contribution in [0.25, 0.3) is 0 Å². The molecule has 0 aliphatic heterocycles. The second-order valence-corrected chi connectivity index (χ2v) is 6.86. The number of hydrogen-bond donors (Lipinski definition) is 1. The van der Waals surface area contributed by atoms with Gasteiger partial charge in [0.15, 0.2) is 0 Å². The summed E-state index contributed by atoms with van der Waals surface area (Å²) in [6.45, 7) is 0.509. The van der Waals surface area contributed by atoms with E-state index in [0.717, 1.165) is 6.42 Å². The highest BCUT2D eigenvalue weighted by Gasteiger charge is 2.18. The summed E-state index contributed by atoms with van der Waals surface area (Å²) < 4.78 is 25.5. The first-order valence-electron chi connectivity index (χ1n) is 6.65. The molecule has 0 saturated carbocycles. The van der Waals surface area contributed by atoms with E-state index in [0.29, 0.717) is 24.9 Å². The molecule has 0 unspecified atom stereocenters. The molecule has 0 aliphatic rings. The Morgan fingerprint density at radius 1 is 1.19 bits per heavy atom. The van der Waals surface area contributed by atoms with E-state index >= 15 is 0 Å². The molecular weight excluding hydrogens is 296 g/mol. The highest BCUT2D eigenvalue weighted by Crippen LogP contribution is 2.15. The van der Waals surface area contributed by atoms with Crippen LogP contribution in [0.15, 0.2) is 24.3 Å². The Hall–Kier alpha value is -1.51. The number of non-ortho nitro benzene ring substituents is 1. The van der Waals surface area contributed by atoms with Gasteiger partial charge in [0.05, 0.1) is 10.7 Å². The number of hydrogen-bond acceptors (Lipinski definition) is 5. The maximum absolute atomic E-state index is 12.1. The Balaban J connectivity index is 2.60. The molecule has 0 bridgehead atoms. The number of aliphatic hydroxyl groups excluding tert-OH is 1. The molecule has 1 aromatic rings. The molecule has 0 radical (unpaired) electrons. The van der Waals surface area contributed by atoms with Crippen LogP contribution < -0.4 is 0 Å². The van der Waals surface area contributed by atoms with Gasteiger partial charge < -0.3 is 5.11 Å². The van der Waals surface area contributed by atoms with Crippen LogP contribution >= 0.6 is 0 Å². The molecule has 0 aliphatic carbocycles. The van der Waals surface area contributed by atoms with E-state index in [1.165, 1.54) is 35.6 Å². The molecule has 8 heteroatoms. The van der Waals surface area contributed by atoms with Crippen molar-refractivity contribution in [3.8, 4) is 0 Å². The largest absolute Gasteiger partial charge is 0.396 e. The van der Waals surface area contributed by atoms with Gasteiger partial charge in [0.25, 0.3) is 5.69 Å². The van der Waals surface area contributed by atoms with Gasteiger partial charge in [-0.15, -0.1) is 0 Å². The fourth-order valence-corrected chi connectivity index (χ4v) is 3.04. The van der Waals surface area contributed by atoms with Gasteiger partial charge in [0.1, 0.15) is 0 Å². The number of nitro benzene ring substituents is 1. The fraction of sp³-hybridized carbons (Fsp3) is 0.538. The summed E-state index contributed by atoms with van der Waals surface area (Å²) in [6.07, 6.45) is 2.13. The smallest absolute Gasteiger partial charge is 0.269 e. The standard InChI is InChI=1S/C13H20N2O5S/c1-14(9-3-2-4-10-16)21(19,20)11-12-5-7-13(8-6-12)15(17)18/h5-8,16H,2-4,9-11H2,1H3. The summed E-state index contributed by atoms with van der Waals surface area (Å²) in [6, 6.07) is 5.50. The van der Waals surface area contributed by atoms with Crippen LogP contribution in [0.2, 0.25) is 0 Å². The number of aliphatic hydroxyl groups is 1. The van der Waals surface area contributed by atoms with Crippen molar-refractivity contribution >= 4 is 15.7 Å². The molecule has 0 fully saturated rings. The van der Waals surface area contributed by atoms with Crippen molar-refractivity contribution in [2.75, 3.05) is 20.2 Å². The maximum atomic E-state index is 12.1. The summed E-state index contributed by atoms with van der Waals surface area (Å²) in [4.78, 5) is 10.0. The van der Waals surface area contributed by atoms with Crippen LogP contribution in [0.5, 0.6) is 0 Å². The van der Waals surface area contributed by atoms with E-state index in [9.17, 15) is 18.5 Å². The molecule has 0 saturated heterocycles. The van der Waals surface area contributed by atoms with Crippen molar-refractivity contribution in [1.82, 2.24) is 4.31 Å². The lowest BCUT2D eigenvalue weighted by atomic mass is 10.2. The van der Waals surface area contributed by atoms with Crippen LogP contribution in [0.3, 0.4) is 0 Å². The summed E-state index contributed by atoms with van der Waals surface area (Å²) in [5, 5.41) is 19.2. The van der Waals surface area contributed by atoms with Gasteiger partial charge >= 0.3 is 0 Å². The molecule has 21 heavy (non-hydrogen) atoms. The second kappa shape index (κ2) is 8.06. The Labute approximate surface area is 124 Å². The van der Waals surface area contributed by atoms with Gasteiger partial charge in [-0.05, 0) is 24.8 Å². The second-order valence-electron chi connectivity index (χ2n) is 4.79. The minimum Gasteiger partial charge on any atom is -0.396 e. The van der Waals surface area contributed by atoms with Crippen molar-refractivity contribution < 1.29 is 18.4 Å². The number of unbranched alkanes of at least 4 members (excludes halogenated alkanes) is 2. The first-order valence-corrected chi connectivity index (χ1v) is 8.26. The van der Waals surface area contributed by atoms with Gasteiger partial charge in [0, 0.05) is 32.3 Å². The molecule has 1 rings (SSSR count). The quantitative estimate of drug-likeness (QED) is 0.423. The molecule has 0 spiro atoms. The number of nitro groups is 1. The number of nitrogens with zero attached hydrogens (tertiary/aromatic N) is 2. The van der Waals surface area contributed by atoms with Crippen LogP contribution in [0.1, 0.15) is 24.8 Å². The molecule has 0 heterocycles. The molecule has 118 valence electrons. The minimum atomic E-state index is -3.43. The van der Waals surface area contributed by atoms with Crippen LogP contribution in [0, 0.1) is 10.1 Å².